The molecule has 0 bridgehead atoms. The summed E-state index contributed by atoms with van der Waals surface area (Å²) in [5.74, 6) is 2.67. The molecule has 4 heteroatoms. The van der Waals surface area contributed by atoms with Crippen molar-refractivity contribution in [3.8, 4) is 0 Å². The Hall–Kier alpha value is -0.770. The van der Waals surface area contributed by atoms with Gasteiger partial charge in [0.05, 0.1) is 0 Å². The largest absolute Gasteiger partial charge is 0.357 e. The van der Waals surface area contributed by atoms with E-state index in [1.165, 1.54) is 58.0 Å². The van der Waals surface area contributed by atoms with Crippen LogP contribution in [0.15, 0.2) is 4.99 Å². The molecule has 2 N–H and O–H groups in total. The first-order chi connectivity index (χ1) is 10.7. The summed E-state index contributed by atoms with van der Waals surface area (Å²) in [6, 6.07) is 0.616. The quantitative estimate of drug-likeness (QED) is 0.606. The van der Waals surface area contributed by atoms with Crippen LogP contribution < -0.4 is 10.6 Å². The third-order valence-electron chi connectivity index (χ3n) is 5.27. The first kappa shape index (κ1) is 17.6. The van der Waals surface area contributed by atoms with Crippen LogP contribution >= 0.6 is 0 Å². The molecule has 4 nitrogen and oxygen atoms in total. The fourth-order valence-corrected chi connectivity index (χ4v) is 3.95. The van der Waals surface area contributed by atoms with E-state index < -0.39 is 0 Å². The first-order valence-electron chi connectivity index (χ1n) is 9.44. The maximum absolute atomic E-state index is 4.88. The highest BCUT2D eigenvalue weighted by Crippen LogP contribution is 2.26. The third-order valence-corrected chi connectivity index (χ3v) is 5.27. The molecule has 1 aliphatic heterocycles. The average Bonchev–Trinajstić information content (AvgIpc) is 2.53. The monoisotopic (exact) mass is 308 g/mol. The number of likely N-dealkylation sites (tertiary alicyclic amines) is 1. The molecule has 1 saturated heterocycles. The SMILES string of the molecule is CCNC(=NCC1CCCN(C)C1)NC1CCCC(CC)C1. The van der Waals surface area contributed by atoms with Gasteiger partial charge in [-0.2, -0.15) is 0 Å². The molecule has 128 valence electrons. The molecular weight excluding hydrogens is 272 g/mol. The van der Waals surface area contributed by atoms with Crippen molar-refractivity contribution in [2.24, 2.45) is 16.8 Å². The van der Waals surface area contributed by atoms with Gasteiger partial charge in [0.15, 0.2) is 5.96 Å². The lowest BCUT2D eigenvalue weighted by Gasteiger charge is -2.31. The number of hydrogen-bond donors (Lipinski definition) is 2. The van der Waals surface area contributed by atoms with E-state index in [0.717, 1.165) is 30.9 Å². The minimum Gasteiger partial charge on any atom is -0.357 e. The Bertz CT molecular complexity index is 342. The summed E-state index contributed by atoms with van der Waals surface area (Å²) < 4.78 is 0. The van der Waals surface area contributed by atoms with Crippen molar-refractivity contribution in [2.45, 2.75) is 64.8 Å². The summed E-state index contributed by atoms with van der Waals surface area (Å²) >= 11 is 0. The second-order valence-corrected chi connectivity index (χ2v) is 7.27. The van der Waals surface area contributed by atoms with E-state index in [2.05, 4.69) is 36.4 Å². The maximum atomic E-state index is 4.88. The average molecular weight is 309 g/mol. The molecule has 3 unspecified atom stereocenters. The standard InChI is InChI=1S/C18H36N4/c1-4-15-8-6-10-17(12-15)21-18(19-5-2)20-13-16-9-7-11-22(3)14-16/h15-17H,4-14H2,1-3H3,(H2,19,20,21). The molecule has 22 heavy (non-hydrogen) atoms. The zero-order chi connectivity index (χ0) is 15.8. The van der Waals surface area contributed by atoms with Gasteiger partial charge in [-0.05, 0) is 58.0 Å². The normalized spacial score (nSPS) is 31.0. The molecule has 3 atom stereocenters. The van der Waals surface area contributed by atoms with Gasteiger partial charge in [0.2, 0.25) is 0 Å². The van der Waals surface area contributed by atoms with Gasteiger partial charge in [-0.1, -0.05) is 26.2 Å². The fraction of sp³-hybridized carbons (Fsp3) is 0.944. The van der Waals surface area contributed by atoms with Crippen LogP contribution in [0, 0.1) is 11.8 Å². The third kappa shape index (κ3) is 5.79. The summed E-state index contributed by atoms with van der Waals surface area (Å²) in [5, 5.41) is 7.14. The molecule has 1 heterocycles. The van der Waals surface area contributed by atoms with Crippen LogP contribution in [0.2, 0.25) is 0 Å². The van der Waals surface area contributed by atoms with E-state index >= 15 is 0 Å². The highest BCUT2D eigenvalue weighted by Gasteiger charge is 2.22. The lowest BCUT2D eigenvalue weighted by molar-refractivity contribution is 0.214. The van der Waals surface area contributed by atoms with Crippen molar-refractivity contribution >= 4 is 5.96 Å². The number of hydrogen-bond acceptors (Lipinski definition) is 2. The van der Waals surface area contributed by atoms with Crippen LogP contribution in [0.4, 0.5) is 0 Å². The van der Waals surface area contributed by atoms with E-state index in [0.29, 0.717) is 6.04 Å². The molecule has 0 radical (unpaired) electrons. The van der Waals surface area contributed by atoms with Gasteiger partial charge >= 0.3 is 0 Å². The molecule has 0 spiro atoms. The van der Waals surface area contributed by atoms with Gasteiger partial charge in [-0.3, -0.25) is 4.99 Å². The Kier molecular flexibility index (Phi) is 7.50. The molecule has 2 rings (SSSR count). The van der Waals surface area contributed by atoms with E-state index in [9.17, 15) is 0 Å². The van der Waals surface area contributed by atoms with Crippen molar-refractivity contribution in [1.82, 2.24) is 15.5 Å². The molecular formula is C18H36N4. The number of nitrogens with one attached hydrogen (secondary N) is 2. The van der Waals surface area contributed by atoms with Crippen molar-refractivity contribution < 1.29 is 0 Å². The highest BCUT2D eigenvalue weighted by atomic mass is 15.2. The summed E-state index contributed by atoms with van der Waals surface area (Å²) in [4.78, 5) is 7.33. The van der Waals surface area contributed by atoms with Crippen LogP contribution in [0.1, 0.15) is 58.8 Å². The van der Waals surface area contributed by atoms with Crippen molar-refractivity contribution in [2.75, 3.05) is 33.2 Å². The van der Waals surface area contributed by atoms with Crippen molar-refractivity contribution in [3.63, 3.8) is 0 Å². The number of aliphatic imine (C=N–C) groups is 1. The number of nitrogens with zero attached hydrogens (tertiary/aromatic N) is 2. The van der Waals surface area contributed by atoms with Crippen LogP contribution in [-0.2, 0) is 0 Å². The molecule has 1 saturated carbocycles. The molecule has 2 aliphatic rings. The van der Waals surface area contributed by atoms with E-state index in [-0.39, 0.29) is 0 Å². The van der Waals surface area contributed by atoms with Crippen LogP contribution in [0.3, 0.4) is 0 Å². The van der Waals surface area contributed by atoms with Gasteiger partial charge < -0.3 is 15.5 Å². The molecule has 0 aromatic heterocycles. The summed E-state index contributed by atoms with van der Waals surface area (Å²) in [6.07, 6.45) is 9.36. The van der Waals surface area contributed by atoms with Crippen LogP contribution in [-0.4, -0.2) is 50.1 Å². The van der Waals surface area contributed by atoms with Gasteiger partial charge in [0, 0.05) is 25.7 Å². The lowest BCUT2D eigenvalue weighted by Crippen LogP contribution is -2.45. The van der Waals surface area contributed by atoms with E-state index in [1.54, 1.807) is 0 Å². The molecule has 0 aromatic rings. The van der Waals surface area contributed by atoms with Crippen molar-refractivity contribution in [3.05, 3.63) is 0 Å². The number of rotatable bonds is 5. The second kappa shape index (κ2) is 9.39. The minimum absolute atomic E-state index is 0.616. The Morgan fingerprint density at radius 3 is 2.68 bits per heavy atom. The predicted octanol–water partition coefficient (Wildman–Crippen LogP) is 2.85. The second-order valence-electron chi connectivity index (χ2n) is 7.27. The van der Waals surface area contributed by atoms with E-state index in [1.807, 2.05) is 0 Å². The zero-order valence-corrected chi connectivity index (χ0v) is 14.9. The first-order valence-corrected chi connectivity index (χ1v) is 9.44. The van der Waals surface area contributed by atoms with Crippen LogP contribution in [0.25, 0.3) is 0 Å². The molecule has 2 fully saturated rings. The maximum Gasteiger partial charge on any atom is 0.191 e. The number of guanidine groups is 1. The minimum atomic E-state index is 0.616. The Morgan fingerprint density at radius 1 is 1.14 bits per heavy atom. The van der Waals surface area contributed by atoms with Gasteiger partial charge in [-0.25, -0.2) is 0 Å². The Morgan fingerprint density at radius 2 is 1.95 bits per heavy atom. The zero-order valence-electron chi connectivity index (χ0n) is 14.9. The smallest absolute Gasteiger partial charge is 0.191 e. The lowest BCUT2D eigenvalue weighted by atomic mass is 9.84. The molecule has 1 aliphatic carbocycles. The summed E-state index contributed by atoms with van der Waals surface area (Å²) in [7, 11) is 2.23. The molecule has 0 aromatic carbocycles. The Balaban J connectivity index is 1.83. The van der Waals surface area contributed by atoms with Gasteiger partial charge in [-0.15, -0.1) is 0 Å². The van der Waals surface area contributed by atoms with E-state index in [4.69, 9.17) is 4.99 Å². The highest BCUT2D eigenvalue weighted by molar-refractivity contribution is 5.80. The van der Waals surface area contributed by atoms with Crippen LogP contribution in [0.5, 0.6) is 0 Å². The fourth-order valence-electron chi connectivity index (χ4n) is 3.95. The van der Waals surface area contributed by atoms with Gasteiger partial charge in [0.1, 0.15) is 0 Å². The summed E-state index contributed by atoms with van der Waals surface area (Å²) in [5.41, 5.74) is 0. The van der Waals surface area contributed by atoms with Crippen molar-refractivity contribution in [1.29, 1.82) is 0 Å². The van der Waals surface area contributed by atoms with Gasteiger partial charge in [0.25, 0.3) is 0 Å². The predicted molar refractivity (Wildman–Crippen MR) is 95.4 cm³/mol. The number of piperidine rings is 1. The Labute approximate surface area is 137 Å². The topological polar surface area (TPSA) is 39.7 Å². The molecule has 0 amide bonds. The summed E-state index contributed by atoms with van der Waals surface area (Å²) in [6.45, 7) is 8.83.